The van der Waals surface area contributed by atoms with Gasteiger partial charge in [0.1, 0.15) is 12.1 Å². The number of rotatable bonds is 8. The van der Waals surface area contributed by atoms with Crippen LogP contribution >= 0.6 is 11.6 Å². The highest BCUT2D eigenvalue weighted by Gasteiger charge is 2.43. The smallest absolute Gasteiger partial charge is 0.246 e. The van der Waals surface area contributed by atoms with Crippen LogP contribution in [0.3, 0.4) is 0 Å². The fourth-order valence-corrected chi connectivity index (χ4v) is 5.39. The molecule has 1 aliphatic heterocycles. The van der Waals surface area contributed by atoms with Crippen LogP contribution in [0.15, 0.2) is 66.7 Å². The van der Waals surface area contributed by atoms with Crippen molar-refractivity contribution >= 4 is 40.1 Å². The number of amides is 3. The normalized spacial score (nSPS) is 18.5. The third-order valence-corrected chi connectivity index (χ3v) is 7.53. The van der Waals surface area contributed by atoms with Gasteiger partial charge in [-0.15, -0.1) is 0 Å². The molecule has 4 N–H and O–H groups in total. The van der Waals surface area contributed by atoms with Crippen molar-refractivity contribution in [3.05, 3.63) is 82.9 Å². The first-order chi connectivity index (χ1) is 17.7. The van der Waals surface area contributed by atoms with Crippen LogP contribution in [-0.2, 0) is 20.8 Å². The molecule has 1 aliphatic rings. The zero-order valence-corrected chi connectivity index (χ0v) is 21.9. The van der Waals surface area contributed by atoms with Crippen molar-refractivity contribution in [2.45, 2.75) is 50.7 Å². The summed E-state index contributed by atoms with van der Waals surface area (Å²) in [5.74, 6) is -1.45. The van der Waals surface area contributed by atoms with Gasteiger partial charge in [-0.1, -0.05) is 80.0 Å². The van der Waals surface area contributed by atoms with E-state index in [-0.39, 0.29) is 30.8 Å². The van der Waals surface area contributed by atoms with Crippen molar-refractivity contribution in [2.75, 3.05) is 13.1 Å². The number of hydrogen-bond donors (Lipinski definition) is 2. The summed E-state index contributed by atoms with van der Waals surface area (Å²) in [5, 5.41) is 2.76. The van der Waals surface area contributed by atoms with E-state index in [1.165, 1.54) is 0 Å². The molecule has 4 rings (SSSR count). The number of hydrogen-bond acceptors (Lipinski definition) is 4. The summed E-state index contributed by atoms with van der Waals surface area (Å²) in [5.41, 5.74) is 13.9. The van der Waals surface area contributed by atoms with Crippen molar-refractivity contribution in [2.24, 2.45) is 11.5 Å². The Kier molecular flexibility index (Phi) is 8.15. The second-order valence-electron chi connectivity index (χ2n) is 9.67. The Morgan fingerprint density at radius 2 is 1.70 bits per heavy atom. The van der Waals surface area contributed by atoms with Gasteiger partial charge < -0.3 is 21.3 Å². The van der Waals surface area contributed by atoms with Crippen molar-refractivity contribution in [3.8, 4) is 0 Å². The van der Waals surface area contributed by atoms with Gasteiger partial charge in [0, 0.05) is 24.0 Å². The summed E-state index contributed by atoms with van der Waals surface area (Å²) in [4.78, 5) is 42.7. The molecule has 3 aromatic carbocycles. The lowest BCUT2D eigenvalue weighted by molar-refractivity contribution is -0.156. The number of fused-ring (bicyclic) bond motifs is 1. The van der Waals surface area contributed by atoms with Gasteiger partial charge in [-0.05, 0) is 46.9 Å². The van der Waals surface area contributed by atoms with Crippen LogP contribution in [-0.4, -0.2) is 58.7 Å². The Labute approximate surface area is 222 Å². The molecule has 194 valence electrons. The van der Waals surface area contributed by atoms with Crippen LogP contribution in [0.1, 0.15) is 37.3 Å². The van der Waals surface area contributed by atoms with Gasteiger partial charge >= 0.3 is 0 Å². The van der Waals surface area contributed by atoms with Crippen LogP contribution in [0.4, 0.5) is 0 Å². The van der Waals surface area contributed by atoms with Crippen molar-refractivity contribution in [3.63, 3.8) is 0 Å². The Morgan fingerprint density at radius 1 is 1.03 bits per heavy atom. The maximum Gasteiger partial charge on any atom is 0.246 e. The number of nitrogens with zero attached hydrogens (tertiary/aromatic N) is 2. The molecule has 7 nitrogen and oxygen atoms in total. The summed E-state index contributed by atoms with van der Waals surface area (Å²) < 4.78 is 0. The highest BCUT2D eigenvalue weighted by Crippen LogP contribution is 2.29. The average Bonchev–Trinajstić information content (AvgIpc) is 2.89. The van der Waals surface area contributed by atoms with Crippen LogP contribution in [0.2, 0.25) is 5.02 Å². The Bertz CT molecular complexity index is 1300. The summed E-state index contributed by atoms with van der Waals surface area (Å²) in [6.07, 6.45) is 0.744. The van der Waals surface area contributed by atoms with E-state index in [4.69, 9.17) is 23.1 Å². The van der Waals surface area contributed by atoms with Gasteiger partial charge in [0.25, 0.3) is 0 Å². The van der Waals surface area contributed by atoms with E-state index in [9.17, 15) is 14.4 Å². The molecular weight excluding hydrogens is 488 g/mol. The Hall–Kier alpha value is -3.42. The molecule has 37 heavy (non-hydrogen) atoms. The van der Waals surface area contributed by atoms with E-state index < -0.39 is 24.0 Å². The first-order valence-electron chi connectivity index (χ1n) is 12.6. The molecule has 0 aromatic heterocycles. The third-order valence-electron chi connectivity index (χ3n) is 7.28. The highest BCUT2D eigenvalue weighted by molar-refractivity contribution is 6.30. The molecular formula is C29H33ClN4O3. The first kappa shape index (κ1) is 26.6. The van der Waals surface area contributed by atoms with E-state index in [1.807, 2.05) is 68.4 Å². The van der Waals surface area contributed by atoms with Crippen molar-refractivity contribution < 1.29 is 14.4 Å². The van der Waals surface area contributed by atoms with E-state index in [2.05, 4.69) is 0 Å². The van der Waals surface area contributed by atoms with Crippen LogP contribution in [0.25, 0.3) is 10.8 Å². The molecule has 4 atom stereocenters. The minimum absolute atomic E-state index is 0.209. The minimum Gasteiger partial charge on any atom is -0.368 e. The highest BCUT2D eigenvalue weighted by atomic mass is 35.5. The minimum atomic E-state index is -0.831. The molecule has 4 unspecified atom stereocenters. The number of piperazine rings is 1. The Morgan fingerprint density at radius 3 is 2.35 bits per heavy atom. The maximum absolute atomic E-state index is 13.7. The molecule has 1 heterocycles. The first-order valence-corrected chi connectivity index (χ1v) is 13.0. The maximum atomic E-state index is 13.7. The monoisotopic (exact) mass is 520 g/mol. The van der Waals surface area contributed by atoms with Gasteiger partial charge in [0.2, 0.25) is 17.7 Å². The third kappa shape index (κ3) is 5.63. The second-order valence-corrected chi connectivity index (χ2v) is 10.1. The lowest BCUT2D eigenvalue weighted by Gasteiger charge is -2.44. The molecule has 0 radical (unpaired) electrons. The summed E-state index contributed by atoms with van der Waals surface area (Å²) >= 11 is 5.95. The lowest BCUT2D eigenvalue weighted by Crippen LogP contribution is -2.65. The molecule has 3 amide bonds. The number of benzene rings is 3. The van der Waals surface area contributed by atoms with E-state index in [1.54, 1.807) is 21.9 Å². The predicted molar refractivity (Wildman–Crippen MR) is 146 cm³/mol. The SMILES string of the molecule is CCC1C(=O)N(C(C(N)=O)C(C)c2ccc3ccccc3c2)CCN1C(=O)C(N)Cc1ccc(Cl)cc1. The number of halogens is 1. The van der Waals surface area contributed by atoms with Crippen LogP contribution in [0, 0.1) is 0 Å². The zero-order valence-electron chi connectivity index (χ0n) is 21.1. The van der Waals surface area contributed by atoms with Crippen molar-refractivity contribution in [1.82, 2.24) is 9.80 Å². The summed E-state index contributed by atoms with van der Waals surface area (Å²) in [6, 6.07) is 18.8. The number of carbonyl (C=O) groups is 3. The van der Waals surface area contributed by atoms with Gasteiger partial charge in [-0.3, -0.25) is 14.4 Å². The summed E-state index contributed by atoms with van der Waals surface area (Å²) in [6.45, 7) is 4.25. The van der Waals surface area contributed by atoms with Gasteiger partial charge in [-0.25, -0.2) is 0 Å². The van der Waals surface area contributed by atoms with E-state index in [0.29, 0.717) is 17.9 Å². The second kappa shape index (κ2) is 11.3. The fourth-order valence-electron chi connectivity index (χ4n) is 5.26. The Balaban J connectivity index is 1.52. The molecule has 8 heteroatoms. The largest absolute Gasteiger partial charge is 0.368 e. The molecule has 0 saturated carbocycles. The van der Waals surface area contributed by atoms with E-state index >= 15 is 0 Å². The van der Waals surface area contributed by atoms with Crippen LogP contribution < -0.4 is 11.5 Å². The zero-order chi connectivity index (χ0) is 26.7. The lowest BCUT2D eigenvalue weighted by atomic mass is 9.89. The topological polar surface area (TPSA) is 110 Å². The van der Waals surface area contributed by atoms with Crippen molar-refractivity contribution in [1.29, 1.82) is 0 Å². The predicted octanol–water partition coefficient (Wildman–Crippen LogP) is 3.47. The van der Waals surface area contributed by atoms with Gasteiger partial charge in [-0.2, -0.15) is 0 Å². The summed E-state index contributed by atoms with van der Waals surface area (Å²) in [7, 11) is 0. The standard InChI is InChI=1S/C29H33ClN4O3/c1-3-25-29(37)34(15-14-33(25)28(36)24(31)16-19-8-12-23(30)13-9-19)26(27(32)35)18(2)21-11-10-20-6-4-5-7-22(20)17-21/h4-13,17-18,24-26H,3,14-16,31H2,1-2H3,(H2,32,35). The van der Waals surface area contributed by atoms with Gasteiger partial charge in [0.15, 0.2) is 0 Å². The number of carbonyl (C=O) groups excluding carboxylic acids is 3. The van der Waals surface area contributed by atoms with Crippen LogP contribution in [0.5, 0.6) is 0 Å². The quantitative estimate of drug-likeness (QED) is 0.474. The van der Waals surface area contributed by atoms with E-state index in [0.717, 1.165) is 21.9 Å². The molecule has 0 bridgehead atoms. The van der Waals surface area contributed by atoms with Gasteiger partial charge in [0.05, 0.1) is 6.04 Å². The molecule has 0 spiro atoms. The molecule has 1 saturated heterocycles. The molecule has 0 aliphatic carbocycles. The number of nitrogens with two attached hydrogens (primary N) is 2. The number of primary amides is 1. The molecule has 1 fully saturated rings. The molecule has 3 aromatic rings. The average molecular weight is 521 g/mol. The fraction of sp³-hybridized carbons (Fsp3) is 0.345.